The Morgan fingerprint density at radius 3 is 2.52 bits per heavy atom. The van der Waals surface area contributed by atoms with Crippen molar-refractivity contribution in [1.29, 1.82) is 0 Å². The van der Waals surface area contributed by atoms with E-state index in [0.29, 0.717) is 12.1 Å². The third-order valence-corrected chi connectivity index (χ3v) is 2.96. The monoisotopic (exact) mass is 281 g/mol. The first kappa shape index (κ1) is 14.8. The lowest BCUT2D eigenvalue weighted by molar-refractivity contribution is -0.112. The summed E-state index contributed by atoms with van der Waals surface area (Å²) in [5.41, 5.74) is 3.36. The summed E-state index contributed by atoms with van der Waals surface area (Å²) in [4.78, 5) is 15.9. The molecule has 2 N–H and O–H groups in total. The molecular formula is C17H19N3O. The van der Waals surface area contributed by atoms with Gasteiger partial charge in [0.1, 0.15) is 5.82 Å². The molecule has 21 heavy (non-hydrogen) atoms. The molecule has 0 aliphatic heterocycles. The number of hydrogen-bond acceptors (Lipinski definition) is 3. The van der Waals surface area contributed by atoms with Gasteiger partial charge in [0, 0.05) is 23.5 Å². The number of aryl methyl sites for hydroxylation is 1. The van der Waals surface area contributed by atoms with Crippen LogP contribution in [-0.4, -0.2) is 10.9 Å². The maximum atomic E-state index is 11.5. The van der Waals surface area contributed by atoms with Crippen LogP contribution in [-0.2, 0) is 11.3 Å². The average Bonchev–Trinajstić information content (AvgIpc) is 2.46. The van der Waals surface area contributed by atoms with Crippen molar-refractivity contribution in [1.82, 2.24) is 4.98 Å². The Labute approximate surface area is 124 Å². The van der Waals surface area contributed by atoms with Gasteiger partial charge in [-0.3, -0.25) is 4.79 Å². The predicted molar refractivity (Wildman–Crippen MR) is 86.2 cm³/mol. The van der Waals surface area contributed by atoms with Crippen molar-refractivity contribution in [2.75, 3.05) is 10.6 Å². The number of aromatic nitrogens is 1. The first-order valence-electron chi connectivity index (χ1n) is 6.78. The maximum absolute atomic E-state index is 11.5. The Kier molecular flexibility index (Phi) is 4.72. The van der Waals surface area contributed by atoms with Crippen LogP contribution in [0.3, 0.4) is 0 Å². The fraction of sp³-hybridized carbons (Fsp3) is 0.176. The zero-order valence-electron chi connectivity index (χ0n) is 12.3. The first-order valence-corrected chi connectivity index (χ1v) is 6.78. The van der Waals surface area contributed by atoms with E-state index in [2.05, 4.69) is 22.2 Å². The summed E-state index contributed by atoms with van der Waals surface area (Å²) < 4.78 is 0. The molecule has 0 atom stereocenters. The molecule has 0 radical (unpaired) electrons. The summed E-state index contributed by atoms with van der Waals surface area (Å²) in [6, 6.07) is 13.6. The van der Waals surface area contributed by atoms with Crippen LogP contribution in [0.15, 0.2) is 54.6 Å². The van der Waals surface area contributed by atoms with Crippen molar-refractivity contribution >= 4 is 17.4 Å². The Hall–Kier alpha value is -2.62. The molecule has 0 bridgehead atoms. The summed E-state index contributed by atoms with van der Waals surface area (Å²) >= 11 is 0. The number of pyridine rings is 1. The molecule has 2 aromatic rings. The van der Waals surface area contributed by atoms with E-state index in [1.54, 1.807) is 6.92 Å². The van der Waals surface area contributed by atoms with Crippen molar-refractivity contribution in [3.63, 3.8) is 0 Å². The topological polar surface area (TPSA) is 54.0 Å². The molecule has 0 aliphatic carbocycles. The number of amides is 1. The summed E-state index contributed by atoms with van der Waals surface area (Å²) in [6.07, 6.45) is 0. The van der Waals surface area contributed by atoms with Crippen LogP contribution < -0.4 is 10.6 Å². The highest BCUT2D eigenvalue weighted by Crippen LogP contribution is 2.12. The molecule has 0 aliphatic rings. The number of carbonyl (C=O) groups excluding carboxylic acids is 1. The second kappa shape index (κ2) is 6.70. The highest BCUT2D eigenvalue weighted by Gasteiger charge is 2.02. The standard InChI is InChI=1S/C17H19N3O/c1-12(2)17(21)20-15-9-7-14(8-10-15)11-18-16-6-4-5-13(3)19-16/h4-10H,1,11H2,2-3H3,(H,18,19)(H,20,21). The minimum atomic E-state index is -0.162. The van der Waals surface area contributed by atoms with Crippen LogP contribution in [0.2, 0.25) is 0 Å². The van der Waals surface area contributed by atoms with Gasteiger partial charge < -0.3 is 10.6 Å². The molecule has 1 aromatic heterocycles. The molecule has 0 saturated heterocycles. The summed E-state index contributed by atoms with van der Waals surface area (Å²) in [6.45, 7) is 7.94. The maximum Gasteiger partial charge on any atom is 0.250 e. The van der Waals surface area contributed by atoms with Gasteiger partial charge in [-0.1, -0.05) is 24.8 Å². The number of hydrogen-bond donors (Lipinski definition) is 2. The van der Waals surface area contributed by atoms with Crippen molar-refractivity contribution < 1.29 is 4.79 Å². The molecule has 1 heterocycles. The van der Waals surface area contributed by atoms with Crippen molar-refractivity contribution in [2.24, 2.45) is 0 Å². The Bertz CT molecular complexity index is 647. The fourth-order valence-electron chi connectivity index (χ4n) is 1.78. The molecule has 0 spiro atoms. The van der Waals surface area contributed by atoms with E-state index < -0.39 is 0 Å². The fourth-order valence-corrected chi connectivity index (χ4v) is 1.78. The van der Waals surface area contributed by atoms with E-state index in [1.807, 2.05) is 49.4 Å². The highest BCUT2D eigenvalue weighted by molar-refractivity contribution is 6.02. The molecule has 1 aromatic carbocycles. The van der Waals surface area contributed by atoms with Crippen molar-refractivity contribution in [2.45, 2.75) is 20.4 Å². The largest absolute Gasteiger partial charge is 0.366 e. The van der Waals surface area contributed by atoms with Gasteiger partial charge in [-0.15, -0.1) is 0 Å². The predicted octanol–water partition coefficient (Wildman–Crippen LogP) is 3.52. The van der Waals surface area contributed by atoms with Crippen molar-refractivity contribution in [3.05, 3.63) is 65.9 Å². The van der Waals surface area contributed by atoms with E-state index in [1.165, 1.54) is 0 Å². The van der Waals surface area contributed by atoms with E-state index in [9.17, 15) is 4.79 Å². The minimum Gasteiger partial charge on any atom is -0.366 e. The third-order valence-electron chi connectivity index (χ3n) is 2.96. The van der Waals surface area contributed by atoms with Gasteiger partial charge in [0.25, 0.3) is 5.91 Å². The number of carbonyl (C=O) groups is 1. The minimum absolute atomic E-state index is 0.162. The zero-order valence-corrected chi connectivity index (χ0v) is 12.3. The van der Waals surface area contributed by atoms with Crippen LogP contribution >= 0.6 is 0 Å². The second-order valence-electron chi connectivity index (χ2n) is 4.95. The molecule has 0 saturated carbocycles. The average molecular weight is 281 g/mol. The van der Waals surface area contributed by atoms with Crippen LogP contribution in [0.25, 0.3) is 0 Å². The van der Waals surface area contributed by atoms with E-state index in [4.69, 9.17) is 0 Å². The molecule has 4 nitrogen and oxygen atoms in total. The Morgan fingerprint density at radius 1 is 1.19 bits per heavy atom. The number of nitrogens with one attached hydrogen (secondary N) is 2. The SMILES string of the molecule is C=C(C)C(=O)Nc1ccc(CNc2cccc(C)n2)cc1. The van der Waals surface area contributed by atoms with E-state index in [-0.39, 0.29) is 5.91 Å². The number of nitrogens with zero attached hydrogens (tertiary/aromatic N) is 1. The van der Waals surface area contributed by atoms with Gasteiger partial charge in [0.2, 0.25) is 0 Å². The number of anilines is 2. The smallest absolute Gasteiger partial charge is 0.250 e. The molecule has 1 amide bonds. The summed E-state index contributed by atoms with van der Waals surface area (Å²) in [5.74, 6) is 0.694. The lowest BCUT2D eigenvalue weighted by atomic mass is 10.2. The van der Waals surface area contributed by atoms with Crippen LogP contribution in [0, 0.1) is 6.92 Å². The highest BCUT2D eigenvalue weighted by atomic mass is 16.1. The van der Waals surface area contributed by atoms with Gasteiger partial charge in [-0.25, -0.2) is 4.98 Å². The quantitative estimate of drug-likeness (QED) is 0.824. The van der Waals surface area contributed by atoms with Crippen LogP contribution in [0.4, 0.5) is 11.5 Å². The second-order valence-corrected chi connectivity index (χ2v) is 4.95. The molecule has 0 fully saturated rings. The normalized spacial score (nSPS) is 10.0. The summed E-state index contributed by atoms with van der Waals surface area (Å²) in [5, 5.41) is 6.05. The molecule has 0 unspecified atom stereocenters. The molecular weight excluding hydrogens is 262 g/mol. The number of benzene rings is 1. The number of rotatable bonds is 5. The van der Waals surface area contributed by atoms with Gasteiger partial charge in [0.05, 0.1) is 0 Å². The van der Waals surface area contributed by atoms with Crippen molar-refractivity contribution in [3.8, 4) is 0 Å². The summed E-state index contributed by atoms with van der Waals surface area (Å²) in [7, 11) is 0. The Balaban J connectivity index is 1.93. The first-order chi connectivity index (χ1) is 10.0. The van der Waals surface area contributed by atoms with Crippen LogP contribution in [0.5, 0.6) is 0 Å². The molecule has 108 valence electrons. The van der Waals surface area contributed by atoms with Gasteiger partial charge >= 0.3 is 0 Å². The lowest BCUT2D eigenvalue weighted by Gasteiger charge is -2.08. The van der Waals surface area contributed by atoms with E-state index in [0.717, 1.165) is 22.8 Å². The van der Waals surface area contributed by atoms with Gasteiger partial charge in [-0.05, 0) is 43.7 Å². The lowest BCUT2D eigenvalue weighted by Crippen LogP contribution is -2.11. The van der Waals surface area contributed by atoms with E-state index >= 15 is 0 Å². The molecule has 4 heteroatoms. The third kappa shape index (κ3) is 4.45. The van der Waals surface area contributed by atoms with Gasteiger partial charge in [-0.2, -0.15) is 0 Å². The van der Waals surface area contributed by atoms with Gasteiger partial charge in [0.15, 0.2) is 0 Å². The zero-order chi connectivity index (χ0) is 15.2. The Morgan fingerprint density at radius 2 is 1.90 bits per heavy atom. The van der Waals surface area contributed by atoms with Crippen LogP contribution in [0.1, 0.15) is 18.2 Å². The molecule has 2 rings (SSSR count).